The van der Waals surface area contributed by atoms with Crippen molar-refractivity contribution in [3.63, 3.8) is 0 Å². The van der Waals surface area contributed by atoms with Crippen LogP contribution in [0.15, 0.2) is 28.8 Å². The summed E-state index contributed by atoms with van der Waals surface area (Å²) in [7, 11) is 0. The molecule has 1 aromatic carbocycles. The third kappa shape index (κ3) is 4.53. The highest BCUT2D eigenvalue weighted by Gasteiger charge is 2.36. The van der Waals surface area contributed by atoms with Gasteiger partial charge in [0.2, 0.25) is 17.7 Å². The molecule has 1 aromatic heterocycles. The van der Waals surface area contributed by atoms with Crippen LogP contribution in [0.2, 0.25) is 0 Å². The Morgan fingerprint density at radius 2 is 2.11 bits per heavy atom. The number of unbranched alkanes of at least 4 members (excludes halogenated alkanes) is 1. The van der Waals surface area contributed by atoms with Crippen molar-refractivity contribution in [3.05, 3.63) is 41.5 Å². The topological polar surface area (TPSA) is 88.3 Å². The molecule has 27 heavy (non-hydrogen) atoms. The summed E-state index contributed by atoms with van der Waals surface area (Å²) in [5.74, 6) is 0.302. The third-order valence-corrected chi connectivity index (χ3v) is 4.84. The minimum atomic E-state index is -0.388. The summed E-state index contributed by atoms with van der Waals surface area (Å²) in [6, 6.07) is 7.66. The Bertz CT molecular complexity index is 800. The van der Waals surface area contributed by atoms with Crippen molar-refractivity contribution in [1.29, 1.82) is 0 Å². The normalized spacial score (nSPS) is 18.0. The van der Waals surface area contributed by atoms with Crippen LogP contribution in [0.1, 0.15) is 56.4 Å². The Hall–Kier alpha value is -2.70. The number of benzene rings is 1. The molecule has 2 amide bonds. The van der Waals surface area contributed by atoms with Gasteiger partial charge in [-0.1, -0.05) is 30.6 Å². The minimum absolute atomic E-state index is 0.0299. The van der Waals surface area contributed by atoms with Crippen molar-refractivity contribution in [1.82, 2.24) is 15.5 Å². The van der Waals surface area contributed by atoms with Crippen molar-refractivity contribution in [2.45, 2.75) is 52.5 Å². The first-order valence-corrected chi connectivity index (χ1v) is 9.47. The Morgan fingerprint density at radius 1 is 1.37 bits per heavy atom. The summed E-state index contributed by atoms with van der Waals surface area (Å²) < 4.78 is 5.09. The lowest BCUT2D eigenvalue weighted by molar-refractivity contribution is -0.127. The van der Waals surface area contributed by atoms with E-state index in [0.29, 0.717) is 18.3 Å². The maximum Gasteiger partial charge on any atom is 0.248 e. The van der Waals surface area contributed by atoms with Gasteiger partial charge in [-0.15, -0.1) is 0 Å². The van der Waals surface area contributed by atoms with E-state index in [1.807, 2.05) is 12.1 Å². The summed E-state index contributed by atoms with van der Waals surface area (Å²) in [4.78, 5) is 30.8. The molecule has 2 heterocycles. The molecule has 2 aromatic rings. The molecule has 2 unspecified atom stereocenters. The average molecular weight is 370 g/mol. The number of amides is 2. The molecular formula is C20H26N4O3. The number of nitrogens with zero attached hydrogens (tertiary/aromatic N) is 3. The van der Waals surface area contributed by atoms with E-state index < -0.39 is 0 Å². The molecule has 0 radical (unpaired) electrons. The Morgan fingerprint density at radius 3 is 2.74 bits per heavy atom. The van der Waals surface area contributed by atoms with E-state index >= 15 is 0 Å². The smallest absolute Gasteiger partial charge is 0.248 e. The predicted octanol–water partition coefficient (Wildman–Crippen LogP) is 2.95. The lowest BCUT2D eigenvalue weighted by Crippen LogP contribution is -2.34. The van der Waals surface area contributed by atoms with Gasteiger partial charge < -0.3 is 14.7 Å². The molecule has 1 N–H and O–H groups in total. The van der Waals surface area contributed by atoms with Crippen molar-refractivity contribution in [3.8, 4) is 0 Å². The first-order valence-electron chi connectivity index (χ1n) is 9.47. The van der Waals surface area contributed by atoms with Gasteiger partial charge in [0.15, 0.2) is 5.82 Å². The Labute approximate surface area is 159 Å². The first kappa shape index (κ1) is 19.1. The van der Waals surface area contributed by atoms with E-state index in [2.05, 4.69) is 34.5 Å². The summed E-state index contributed by atoms with van der Waals surface area (Å²) in [5.41, 5.74) is 2.11. The van der Waals surface area contributed by atoms with E-state index in [9.17, 15) is 9.59 Å². The van der Waals surface area contributed by atoms with Crippen LogP contribution in [-0.2, 0) is 16.0 Å². The van der Waals surface area contributed by atoms with Crippen LogP contribution in [-0.4, -0.2) is 28.5 Å². The highest BCUT2D eigenvalue weighted by molar-refractivity contribution is 6.00. The molecule has 3 rings (SSSR count). The number of aromatic nitrogens is 2. The van der Waals surface area contributed by atoms with Crippen molar-refractivity contribution < 1.29 is 14.1 Å². The summed E-state index contributed by atoms with van der Waals surface area (Å²) in [6.07, 6.45) is 3.56. The molecule has 0 spiro atoms. The monoisotopic (exact) mass is 370 g/mol. The maximum absolute atomic E-state index is 12.6. The van der Waals surface area contributed by atoms with Gasteiger partial charge in [-0.2, -0.15) is 4.98 Å². The molecule has 144 valence electrons. The zero-order chi connectivity index (χ0) is 19.4. The molecular weight excluding hydrogens is 344 g/mol. The van der Waals surface area contributed by atoms with Gasteiger partial charge in [0.25, 0.3) is 0 Å². The van der Waals surface area contributed by atoms with Crippen LogP contribution in [0.4, 0.5) is 5.69 Å². The van der Waals surface area contributed by atoms with E-state index in [1.165, 1.54) is 5.56 Å². The van der Waals surface area contributed by atoms with Crippen LogP contribution in [0, 0.1) is 12.8 Å². The molecule has 1 aliphatic heterocycles. The molecule has 1 aliphatic rings. The van der Waals surface area contributed by atoms with Crippen LogP contribution >= 0.6 is 0 Å². The minimum Gasteiger partial charge on any atom is -0.344 e. The van der Waals surface area contributed by atoms with E-state index in [0.717, 1.165) is 24.9 Å². The van der Waals surface area contributed by atoms with Crippen molar-refractivity contribution >= 4 is 17.5 Å². The second-order valence-corrected chi connectivity index (χ2v) is 7.09. The Kier molecular flexibility index (Phi) is 5.88. The van der Waals surface area contributed by atoms with Gasteiger partial charge in [-0.3, -0.25) is 9.59 Å². The SMILES string of the molecule is CCCCc1ccc(N2CC(C(=O)NC(C)c3nc(C)no3)CC2=O)cc1. The fourth-order valence-electron chi connectivity index (χ4n) is 3.24. The zero-order valence-electron chi connectivity index (χ0n) is 16.1. The summed E-state index contributed by atoms with van der Waals surface area (Å²) in [6.45, 7) is 6.06. The number of hydrogen-bond donors (Lipinski definition) is 1. The van der Waals surface area contributed by atoms with Crippen LogP contribution in [0.3, 0.4) is 0 Å². The molecule has 1 saturated heterocycles. The lowest BCUT2D eigenvalue weighted by Gasteiger charge is -2.18. The third-order valence-electron chi connectivity index (χ3n) is 4.84. The maximum atomic E-state index is 12.6. The van der Waals surface area contributed by atoms with Gasteiger partial charge >= 0.3 is 0 Å². The van der Waals surface area contributed by atoms with Crippen LogP contribution in [0.25, 0.3) is 0 Å². The number of anilines is 1. The largest absolute Gasteiger partial charge is 0.344 e. The highest BCUT2D eigenvalue weighted by Crippen LogP contribution is 2.26. The van der Waals surface area contributed by atoms with Gasteiger partial charge in [-0.05, 0) is 44.4 Å². The fourth-order valence-corrected chi connectivity index (χ4v) is 3.24. The molecule has 2 atom stereocenters. The van der Waals surface area contributed by atoms with E-state index in [-0.39, 0.29) is 30.2 Å². The molecule has 7 nitrogen and oxygen atoms in total. The zero-order valence-corrected chi connectivity index (χ0v) is 16.1. The second kappa shape index (κ2) is 8.33. The predicted molar refractivity (Wildman–Crippen MR) is 101 cm³/mol. The molecule has 7 heteroatoms. The lowest BCUT2D eigenvalue weighted by atomic mass is 10.1. The number of hydrogen-bond acceptors (Lipinski definition) is 5. The van der Waals surface area contributed by atoms with E-state index in [1.54, 1.807) is 18.7 Å². The highest BCUT2D eigenvalue weighted by atomic mass is 16.5. The Balaban J connectivity index is 1.60. The van der Waals surface area contributed by atoms with Gasteiger partial charge in [-0.25, -0.2) is 0 Å². The van der Waals surface area contributed by atoms with Gasteiger partial charge in [0, 0.05) is 18.7 Å². The standard InChI is InChI=1S/C20H26N4O3/c1-4-5-6-15-7-9-17(10-8-15)24-12-16(11-18(24)25)19(26)21-13(2)20-22-14(3)23-27-20/h7-10,13,16H,4-6,11-12H2,1-3H3,(H,21,26). The van der Waals surface area contributed by atoms with Crippen molar-refractivity contribution in [2.24, 2.45) is 5.92 Å². The number of carbonyl (C=O) groups excluding carboxylic acids is 2. The average Bonchev–Trinajstić information content (AvgIpc) is 3.26. The van der Waals surface area contributed by atoms with Gasteiger partial charge in [0.05, 0.1) is 5.92 Å². The summed E-state index contributed by atoms with van der Waals surface area (Å²) in [5, 5.41) is 6.59. The van der Waals surface area contributed by atoms with E-state index in [4.69, 9.17) is 4.52 Å². The number of rotatable bonds is 7. The number of nitrogens with one attached hydrogen (secondary N) is 1. The molecule has 0 saturated carbocycles. The van der Waals surface area contributed by atoms with Gasteiger partial charge in [0.1, 0.15) is 6.04 Å². The molecule has 0 bridgehead atoms. The second-order valence-electron chi connectivity index (χ2n) is 7.09. The number of carbonyl (C=O) groups is 2. The van der Waals surface area contributed by atoms with Crippen LogP contribution < -0.4 is 10.2 Å². The van der Waals surface area contributed by atoms with Crippen LogP contribution in [0.5, 0.6) is 0 Å². The molecule has 0 aliphatic carbocycles. The summed E-state index contributed by atoms with van der Waals surface area (Å²) >= 11 is 0. The first-order chi connectivity index (χ1) is 13.0. The fraction of sp³-hybridized carbons (Fsp3) is 0.500. The van der Waals surface area contributed by atoms with Crippen molar-refractivity contribution in [2.75, 3.05) is 11.4 Å². The number of aryl methyl sites for hydroxylation is 2. The molecule has 1 fully saturated rings. The quantitative estimate of drug-likeness (QED) is 0.809.